The fourth-order valence-electron chi connectivity index (χ4n) is 2.66. The van der Waals surface area contributed by atoms with Crippen molar-refractivity contribution in [3.05, 3.63) is 59.2 Å². The molecule has 0 bridgehead atoms. The summed E-state index contributed by atoms with van der Waals surface area (Å²) in [6.45, 7) is 1.65. The van der Waals surface area contributed by atoms with Gasteiger partial charge < -0.3 is 14.0 Å². The van der Waals surface area contributed by atoms with Gasteiger partial charge in [0, 0.05) is 10.6 Å². The number of benzene rings is 2. The molecule has 0 spiro atoms. The van der Waals surface area contributed by atoms with Crippen molar-refractivity contribution < 1.29 is 18.8 Å². The number of hydrogen-bond donors (Lipinski definition) is 1. The summed E-state index contributed by atoms with van der Waals surface area (Å²) in [5.41, 5.74) is 1.47. The molecular weight excluding hydrogens is 440 g/mol. The van der Waals surface area contributed by atoms with E-state index in [1.165, 1.54) is 11.3 Å². The number of amides is 1. The number of carbonyl (C=O) groups is 1. The SMILES string of the molecule is COc1ccc(-c2noc(-c3sc(NC(=O)COc4ccc(Cl)cc4)nc3C)n2)cc1. The van der Waals surface area contributed by atoms with Gasteiger partial charge in [-0.2, -0.15) is 4.98 Å². The summed E-state index contributed by atoms with van der Waals surface area (Å²) in [6.07, 6.45) is 0. The van der Waals surface area contributed by atoms with Crippen molar-refractivity contribution in [3.8, 4) is 33.7 Å². The largest absolute Gasteiger partial charge is 0.497 e. The molecule has 0 saturated carbocycles. The van der Waals surface area contributed by atoms with Crippen molar-refractivity contribution in [2.45, 2.75) is 6.92 Å². The third kappa shape index (κ3) is 5.01. The van der Waals surface area contributed by atoms with Crippen LogP contribution in [0, 0.1) is 6.92 Å². The third-order valence-corrected chi connectivity index (χ3v) is 5.51. The highest BCUT2D eigenvalue weighted by Gasteiger charge is 2.18. The molecular formula is C21H17ClN4O4S. The normalized spacial score (nSPS) is 10.7. The Hall–Kier alpha value is -3.43. The Kier molecular flexibility index (Phi) is 6.15. The molecule has 0 unspecified atom stereocenters. The summed E-state index contributed by atoms with van der Waals surface area (Å²) in [5, 5.41) is 7.77. The number of rotatable bonds is 7. The van der Waals surface area contributed by atoms with Crippen molar-refractivity contribution >= 4 is 34.0 Å². The smallest absolute Gasteiger partial charge is 0.270 e. The van der Waals surface area contributed by atoms with Crippen LogP contribution in [0.2, 0.25) is 5.02 Å². The number of thiazole rings is 1. The molecule has 0 fully saturated rings. The van der Waals surface area contributed by atoms with E-state index in [1.807, 2.05) is 31.2 Å². The standard InChI is InChI=1S/C21H17ClN4O4S/c1-12-18(20-25-19(26-30-20)13-3-7-15(28-2)8-4-13)31-21(23-12)24-17(27)11-29-16-9-5-14(22)6-10-16/h3-10H,11H2,1-2H3,(H,23,24,27). The quantitative estimate of drug-likeness (QED) is 0.424. The van der Waals surface area contributed by atoms with Gasteiger partial charge in [-0.1, -0.05) is 28.1 Å². The fraction of sp³-hybridized carbons (Fsp3) is 0.143. The van der Waals surface area contributed by atoms with Crippen LogP contribution in [0.15, 0.2) is 53.1 Å². The first-order chi connectivity index (χ1) is 15.0. The first-order valence-electron chi connectivity index (χ1n) is 9.16. The van der Waals surface area contributed by atoms with Crippen LogP contribution in [0.4, 0.5) is 5.13 Å². The van der Waals surface area contributed by atoms with Crippen molar-refractivity contribution in [2.75, 3.05) is 19.0 Å². The van der Waals surface area contributed by atoms with Gasteiger partial charge in [-0.15, -0.1) is 0 Å². The minimum Gasteiger partial charge on any atom is -0.497 e. The maximum atomic E-state index is 12.2. The molecule has 2 heterocycles. The van der Waals surface area contributed by atoms with Crippen molar-refractivity contribution in [2.24, 2.45) is 0 Å². The van der Waals surface area contributed by atoms with Crippen LogP contribution >= 0.6 is 22.9 Å². The number of aromatic nitrogens is 3. The number of nitrogens with zero attached hydrogens (tertiary/aromatic N) is 3. The molecule has 4 aromatic rings. The number of nitrogens with one attached hydrogen (secondary N) is 1. The molecule has 0 saturated heterocycles. The van der Waals surface area contributed by atoms with Crippen LogP contribution in [0.3, 0.4) is 0 Å². The Morgan fingerprint density at radius 2 is 1.81 bits per heavy atom. The molecule has 2 aromatic heterocycles. The van der Waals surface area contributed by atoms with Gasteiger partial charge in [-0.3, -0.25) is 10.1 Å². The number of aryl methyl sites for hydroxylation is 1. The zero-order valence-electron chi connectivity index (χ0n) is 16.6. The van der Waals surface area contributed by atoms with Gasteiger partial charge in [-0.05, 0) is 55.5 Å². The summed E-state index contributed by atoms with van der Waals surface area (Å²) < 4.78 is 16.0. The van der Waals surface area contributed by atoms with Gasteiger partial charge in [-0.25, -0.2) is 4.98 Å². The number of halogens is 1. The van der Waals surface area contributed by atoms with Crippen molar-refractivity contribution in [3.63, 3.8) is 0 Å². The summed E-state index contributed by atoms with van der Waals surface area (Å²) >= 11 is 7.08. The van der Waals surface area contributed by atoms with E-state index in [9.17, 15) is 4.79 Å². The molecule has 1 amide bonds. The molecule has 158 valence electrons. The Morgan fingerprint density at radius 1 is 1.10 bits per heavy atom. The van der Waals surface area contributed by atoms with E-state index < -0.39 is 0 Å². The van der Waals surface area contributed by atoms with Gasteiger partial charge in [0.25, 0.3) is 11.8 Å². The fourth-order valence-corrected chi connectivity index (χ4v) is 3.69. The number of ether oxygens (including phenoxy) is 2. The topological polar surface area (TPSA) is 99.4 Å². The number of methoxy groups -OCH3 is 1. The molecule has 1 N–H and O–H groups in total. The third-order valence-electron chi connectivity index (χ3n) is 4.20. The maximum Gasteiger partial charge on any atom is 0.270 e. The van der Waals surface area contributed by atoms with Crippen LogP contribution in [0.1, 0.15) is 5.69 Å². The highest BCUT2D eigenvalue weighted by molar-refractivity contribution is 7.19. The predicted octanol–water partition coefficient (Wildman–Crippen LogP) is 4.85. The Morgan fingerprint density at radius 3 is 2.52 bits per heavy atom. The summed E-state index contributed by atoms with van der Waals surface area (Å²) in [4.78, 5) is 21.7. The van der Waals surface area contributed by atoms with E-state index in [1.54, 1.807) is 31.4 Å². The molecule has 10 heteroatoms. The molecule has 0 aliphatic heterocycles. The monoisotopic (exact) mass is 456 g/mol. The predicted molar refractivity (Wildman–Crippen MR) is 118 cm³/mol. The van der Waals surface area contributed by atoms with E-state index in [0.29, 0.717) is 38.2 Å². The molecule has 2 aromatic carbocycles. The van der Waals surface area contributed by atoms with Gasteiger partial charge >= 0.3 is 0 Å². The van der Waals surface area contributed by atoms with Crippen LogP contribution in [-0.2, 0) is 4.79 Å². The Labute approximate surface area is 186 Å². The highest BCUT2D eigenvalue weighted by atomic mass is 35.5. The lowest BCUT2D eigenvalue weighted by Crippen LogP contribution is -2.20. The zero-order valence-corrected chi connectivity index (χ0v) is 18.2. The van der Waals surface area contributed by atoms with Crippen LogP contribution in [0.25, 0.3) is 22.2 Å². The molecule has 0 radical (unpaired) electrons. The van der Waals surface area contributed by atoms with Gasteiger partial charge in [0.2, 0.25) is 5.82 Å². The second-order valence-electron chi connectivity index (χ2n) is 6.38. The first kappa shape index (κ1) is 20.8. The molecule has 0 aliphatic rings. The van der Waals surface area contributed by atoms with Gasteiger partial charge in [0.1, 0.15) is 16.4 Å². The second-order valence-corrected chi connectivity index (χ2v) is 7.81. The van der Waals surface area contributed by atoms with E-state index in [0.717, 1.165) is 11.3 Å². The number of hydrogen-bond acceptors (Lipinski definition) is 8. The lowest BCUT2D eigenvalue weighted by molar-refractivity contribution is -0.118. The lowest BCUT2D eigenvalue weighted by atomic mass is 10.2. The average Bonchev–Trinajstić information content (AvgIpc) is 3.40. The van der Waals surface area contributed by atoms with E-state index in [2.05, 4.69) is 20.4 Å². The van der Waals surface area contributed by atoms with Crippen molar-refractivity contribution in [1.29, 1.82) is 0 Å². The van der Waals surface area contributed by atoms with Gasteiger partial charge in [0.05, 0.1) is 12.8 Å². The van der Waals surface area contributed by atoms with Crippen LogP contribution < -0.4 is 14.8 Å². The van der Waals surface area contributed by atoms with Gasteiger partial charge in [0.15, 0.2) is 11.7 Å². The Bertz CT molecular complexity index is 1190. The van der Waals surface area contributed by atoms with E-state index in [-0.39, 0.29) is 12.5 Å². The maximum absolute atomic E-state index is 12.2. The molecule has 0 aliphatic carbocycles. The summed E-state index contributed by atoms with van der Waals surface area (Å²) in [7, 11) is 1.61. The number of carbonyl (C=O) groups excluding carboxylic acids is 1. The second kappa shape index (κ2) is 9.15. The van der Waals surface area contributed by atoms with Crippen LogP contribution in [-0.4, -0.2) is 34.7 Å². The van der Waals surface area contributed by atoms with E-state index >= 15 is 0 Å². The molecule has 8 nitrogen and oxygen atoms in total. The minimum atomic E-state index is -0.334. The summed E-state index contributed by atoms with van der Waals surface area (Å²) in [5.74, 6) is 1.74. The highest BCUT2D eigenvalue weighted by Crippen LogP contribution is 2.33. The van der Waals surface area contributed by atoms with E-state index in [4.69, 9.17) is 25.6 Å². The zero-order chi connectivity index (χ0) is 21.8. The minimum absolute atomic E-state index is 0.155. The summed E-state index contributed by atoms with van der Waals surface area (Å²) in [6, 6.07) is 14.1. The molecule has 31 heavy (non-hydrogen) atoms. The molecule has 4 rings (SSSR count). The number of anilines is 1. The molecule has 0 atom stereocenters. The lowest BCUT2D eigenvalue weighted by Gasteiger charge is -2.05. The Balaban J connectivity index is 1.42. The first-order valence-corrected chi connectivity index (χ1v) is 10.4. The average molecular weight is 457 g/mol. The van der Waals surface area contributed by atoms with Crippen LogP contribution in [0.5, 0.6) is 11.5 Å². The van der Waals surface area contributed by atoms with Crippen molar-refractivity contribution in [1.82, 2.24) is 15.1 Å².